The van der Waals surface area contributed by atoms with Gasteiger partial charge in [0.15, 0.2) is 5.78 Å². The van der Waals surface area contributed by atoms with Gasteiger partial charge in [-0.05, 0) is 45.2 Å². The van der Waals surface area contributed by atoms with Crippen molar-refractivity contribution in [2.75, 3.05) is 13.2 Å². The standard InChI is InChI=1S/C19H26N2O4/c1-13-8-9-16(19(20)24)12-21(13)18(23)7-4-10-25-17-6-3-5-15(11-17)14(2)22/h3,5-6,11,13,16H,4,7-10,12H2,1-2H3,(H2,20,24)/t13-,16-/m1/s1. The number of carbonyl (C=O) groups is 3. The number of Topliss-reactive ketones (excluding diaryl/α,β-unsaturated/α-hetero) is 1. The smallest absolute Gasteiger partial charge is 0.222 e. The molecule has 1 saturated heterocycles. The molecular formula is C19H26N2O4. The van der Waals surface area contributed by atoms with Gasteiger partial charge in [0.2, 0.25) is 11.8 Å². The Labute approximate surface area is 148 Å². The number of benzene rings is 1. The van der Waals surface area contributed by atoms with E-state index in [0.29, 0.717) is 37.3 Å². The molecule has 136 valence electrons. The number of carbonyl (C=O) groups excluding carboxylic acids is 3. The minimum atomic E-state index is -0.335. The molecule has 1 aliphatic rings. The number of piperidine rings is 1. The number of amides is 2. The van der Waals surface area contributed by atoms with Crippen LogP contribution in [-0.2, 0) is 9.59 Å². The van der Waals surface area contributed by atoms with Crippen molar-refractivity contribution in [3.05, 3.63) is 29.8 Å². The fourth-order valence-electron chi connectivity index (χ4n) is 3.05. The van der Waals surface area contributed by atoms with Gasteiger partial charge in [-0.25, -0.2) is 0 Å². The number of primary amides is 1. The first-order valence-electron chi connectivity index (χ1n) is 8.71. The molecule has 1 aromatic carbocycles. The summed E-state index contributed by atoms with van der Waals surface area (Å²) < 4.78 is 5.62. The second kappa shape index (κ2) is 8.65. The van der Waals surface area contributed by atoms with E-state index in [4.69, 9.17) is 10.5 Å². The van der Waals surface area contributed by atoms with Crippen LogP contribution in [0.1, 0.15) is 49.9 Å². The fraction of sp³-hybridized carbons (Fsp3) is 0.526. The van der Waals surface area contributed by atoms with Gasteiger partial charge in [-0.1, -0.05) is 12.1 Å². The van der Waals surface area contributed by atoms with Crippen LogP contribution in [0, 0.1) is 5.92 Å². The summed E-state index contributed by atoms with van der Waals surface area (Å²) in [5.74, 6) is 0.0626. The van der Waals surface area contributed by atoms with E-state index in [9.17, 15) is 14.4 Å². The van der Waals surface area contributed by atoms with E-state index in [-0.39, 0.29) is 29.6 Å². The first-order chi connectivity index (χ1) is 11.9. The van der Waals surface area contributed by atoms with Crippen molar-refractivity contribution in [1.29, 1.82) is 0 Å². The van der Waals surface area contributed by atoms with Crippen molar-refractivity contribution in [2.24, 2.45) is 11.7 Å². The summed E-state index contributed by atoms with van der Waals surface area (Å²) >= 11 is 0. The third kappa shape index (κ3) is 5.31. The molecule has 2 N–H and O–H groups in total. The lowest BCUT2D eigenvalue weighted by atomic mass is 9.92. The van der Waals surface area contributed by atoms with E-state index in [1.807, 2.05) is 6.92 Å². The van der Waals surface area contributed by atoms with E-state index in [1.165, 1.54) is 6.92 Å². The van der Waals surface area contributed by atoms with Crippen molar-refractivity contribution in [3.63, 3.8) is 0 Å². The average molecular weight is 346 g/mol. The summed E-state index contributed by atoms with van der Waals surface area (Å²) in [6, 6.07) is 7.14. The summed E-state index contributed by atoms with van der Waals surface area (Å²) in [5, 5.41) is 0. The molecule has 0 aliphatic carbocycles. The highest BCUT2D eigenvalue weighted by Gasteiger charge is 2.31. The van der Waals surface area contributed by atoms with Crippen LogP contribution in [0.2, 0.25) is 0 Å². The number of rotatable bonds is 7. The predicted molar refractivity (Wildman–Crippen MR) is 94.3 cm³/mol. The molecule has 0 saturated carbocycles. The van der Waals surface area contributed by atoms with Crippen LogP contribution in [0.25, 0.3) is 0 Å². The number of hydrogen-bond acceptors (Lipinski definition) is 4. The zero-order chi connectivity index (χ0) is 18.4. The molecular weight excluding hydrogens is 320 g/mol. The number of nitrogens with two attached hydrogens (primary N) is 1. The molecule has 1 fully saturated rings. The van der Waals surface area contributed by atoms with Gasteiger partial charge in [0.05, 0.1) is 12.5 Å². The summed E-state index contributed by atoms with van der Waals surface area (Å²) in [7, 11) is 0. The SMILES string of the molecule is CC(=O)c1cccc(OCCCC(=O)N2C[C@H](C(N)=O)CC[C@H]2C)c1. The fourth-order valence-corrected chi connectivity index (χ4v) is 3.05. The van der Waals surface area contributed by atoms with Gasteiger partial charge in [-0.15, -0.1) is 0 Å². The second-order valence-electron chi connectivity index (χ2n) is 6.61. The van der Waals surface area contributed by atoms with Gasteiger partial charge in [0.1, 0.15) is 5.75 Å². The van der Waals surface area contributed by atoms with Crippen LogP contribution in [0.3, 0.4) is 0 Å². The third-order valence-corrected chi connectivity index (χ3v) is 4.65. The highest BCUT2D eigenvalue weighted by atomic mass is 16.5. The van der Waals surface area contributed by atoms with Gasteiger partial charge in [0.25, 0.3) is 0 Å². The number of nitrogens with zero attached hydrogens (tertiary/aromatic N) is 1. The molecule has 1 heterocycles. The molecule has 1 aromatic rings. The van der Waals surface area contributed by atoms with Crippen molar-refractivity contribution in [3.8, 4) is 5.75 Å². The maximum absolute atomic E-state index is 12.4. The maximum atomic E-state index is 12.4. The number of ketones is 1. The topological polar surface area (TPSA) is 89.7 Å². The van der Waals surface area contributed by atoms with E-state index in [1.54, 1.807) is 29.2 Å². The highest BCUT2D eigenvalue weighted by Crippen LogP contribution is 2.22. The van der Waals surface area contributed by atoms with Crippen molar-refractivity contribution >= 4 is 17.6 Å². The van der Waals surface area contributed by atoms with Gasteiger partial charge >= 0.3 is 0 Å². The summed E-state index contributed by atoms with van der Waals surface area (Å²) in [6.45, 7) is 4.32. The Bertz CT molecular complexity index is 644. The zero-order valence-electron chi connectivity index (χ0n) is 14.9. The van der Waals surface area contributed by atoms with E-state index in [2.05, 4.69) is 0 Å². The van der Waals surface area contributed by atoms with Crippen LogP contribution in [-0.4, -0.2) is 41.7 Å². The van der Waals surface area contributed by atoms with Crippen molar-refractivity contribution < 1.29 is 19.1 Å². The predicted octanol–water partition coefficient (Wildman–Crippen LogP) is 2.16. The molecule has 0 aromatic heterocycles. The minimum absolute atomic E-state index is 0.0104. The Hall–Kier alpha value is -2.37. The lowest BCUT2D eigenvalue weighted by Gasteiger charge is -2.37. The van der Waals surface area contributed by atoms with Gasteiger partial charge in [-0.3, -0.25) is 14.4 Å². The third-order valence-electron chi connectivity index (χ3n) is 4.65. The minimum Gasteiger partial charge on any atom is -0.494 e. The molecule has 0 spiro atoms. The summed E-state index contributed by atoms with van der Waals surface area (Å²) in [5.41, 5.74) is 5.98. The Balaban J connectivity index is 1.79. The van der Waals surface area contributed by atoms with Crippen LogP contribution in [0.5, 0.6) is 5.75 Å². The number of hydrogen-bond donors (Lipinski definition) is 1. The second-order valence-corrected chi connectivity index (χ2v) is 6.61. The number of ether oxygens (including phenoxy) is 1. The van der Waals surface area contributed by atoms with Crippen LogP contribution in [0.15, 0.2) is 24.3 Å². The Morgan fingerprint density at radius 1 is 1.28 bits per heavy atom. The molecule has 0 radical (unpaired) electrons. The normalized spacial score (nSPS) is 20.2. The maximum Gasteiger partial charge on any atom is 0.222 e. The van der Waals surface area contributed by atoms with Gasteiger partial charge < -0.3 is 15.4 Å². The average Bonchev–Trinajstić information content (AvgIpc) is 2.59. The first-order valence-corrected chi connectivity index (χ1v) is 8.71. The molecule has 2 amide bonds. The Kier molecular flexibility index (Phi) is 6.56. The molecule has 2 rings (SSSR count). The molecule has 0 bridgehead atoms. The van der Waals surface area contributed by atoms with Gasteiger partial charge in [-0.2, -0.15) is 0 Å². The number of likely N-dealkylation sites (tertiary alicyclic amines) is 1. The largest absolute Gasteiger partial charge is 0.494 e. The van der Waals surface area contributed by atoms with Gasteiger partial charge in [0, 0.05) is 24.6 Å². The first kappa shape index (κ1) is 19.0. The lowest BCUT2D eigenvalue weighted by Crippen LogP contribution is -2.48. The van der Waals surface area contributed by atoms with E-state index < -0.39 is 0 Å². The monoisotopic (exact) mass is 346 g/mol. The summed E-state index contributed by atoms with van der Waals surface area (Å²) in [6.07, 6.45) is 2.49. The molecule has 0 unspecified atom stereocenters. The molecule has 25 heavy (non-hydrogen) atoms. The molecule has 6 nitrogen and oxygen atoms in total. The lowest BCUT2D eigenvalue weighted by molar-refractivity contribution is -0.137. The van der Waals surface area contributed by atoms with Crippen LogP contribution >= 0.6 is 0 Å². The van der Waals surface area contributed by atoms with Crippen LogP contribution in [0.4, 0.5) is 0 Å². The van der Waals surface area contributed by atoms with Crippen LogP contribution < -0.4 is 10.5 Å². The Morgan fingerprint density at radius 2 is 2.04 bits per heavy atom. The van der Waals surface area contributed by atoms with Crippen molar-refractivity contribution in [1.82, 2.24) is 4.90 Å². The molecule has 6 heteroatoms. The molecule has 2 atom stereocenters. The van der Waals surface area contributed by atoms with E-state index in [0.717, 1.165) is 12.8 Å². The molecule has 1 aliphatic heterocycles. The zero-order valence-corrected chi connectivity index (χ0v) is 14.9. The Morgan fingerprint density at radius 3 is 2.72 bits per heavy atom. The van der Waals surface area contributed by atoms with Crippen molar-refractivity contribution in [2.45, 2.75) is 45.6 Å². The summed E-state index contributed by atoms with van der Waals surface area (Å²) in [4.78, 5) is 36.9. The highest BCUT2D eigenvalue weighted by molar-refractivity contribution is 5.94. The van der Waals surface area contributed by atoms with E-state index >= 15 is 0 Å². The quantitative estimate of drug-likeness (QED) is 0.605.